The van der Waals surface area contributed by atoms with Crippen LogP contribution in [0.2, 0.25) is 0 Å². The van der Waals surface area contributed by atoms with E-state index in [-0.39, 0.29) is 6.10 Å². The lowest BCUT2D eigenvalue weighted by molar-refractivity contribution is 0.0247. The van der Waals surface area contributed by atoms with Gasteiger partial charge in [0, 0.05) is 19.2 Å². The average molecular weight is 269 g/mol. The van der Waals surface area contributed by atoms with Gasteiger partial charge in [-0.25, -0.2) is 15.8 Å². The molecule has 1 saturated heterocycles. The van der Waals surface area contributed by atoms with Gasteiger partial charge in [-0.05, 0) is 25.5 Å². The maximum Gasteiger partial charge on any atom is 0.191 e. The van der Waals surface area contributed by atoms with Gasteiger partial charge in [0.05, 0.1) is 6.10 Å². The van der Waals surface area contributed by atoms with E-state index in [1.165, 1.54) is 24.6 Å². The summed E-state index contributed by atoms with van der Waals surface area (Å²) in [6.07, 6.45) is 5.73. The van der Waals surface area contributed by atoms with E-state index in [0.717, 1.165) is 25.4 Å². The number of ether oxygens (including phenoxy) is 1. The predicted molar refractivity (Wildman–Crippen MR) is 73.7 cm³/mol. The summed E-state index contributed by atoms with van der Waals surface area (Å²) in [7, 11) is 0. The van der Waals surface area contributed by atoms with E-state index < -0.39 is 0 Å². The summed E-state index contributed by atoms with van der Waals surface area (Å²) in [4.78, 5) is 8.58. The topological polar surface area (TPSA) is 85.1 Å². The lowest BCUT2D eigenvalue weighted by Gasteiger charge is -2.23. The maximum absolute atomic E-state index is 5.66. The van der Waals surface area contributed by atoms with Gasteiger partial charge in [-0.15, -0.1) is 0 Å². The number of nitrogens with two attached hydrogens (primary N) is 1. The molecule has 0 saturated carbocycles. The van der Waals surface area contributed by atoms with Crippen molar-refractivity contribution in [3.05, 3.63) is 6.07 Å². The molecule has 1 unspecified atom stereocenters. The highest BCUT2D eigenvalue weighted by atomic mass is 32.2. The number of aromatic nitrogens is 2. The highest BCUT2D eigenvalue weighted by Gasteiger charge is 2.13. The van der Waals surface area contributed by atoms with Crippen LogP contribution in [0.25, 0.3) is 0 Å². The van der Waals surface area contributed by atoms with Crippen LogP contribution in [0.5, 0.6) is 0 Å². The van der Waals surface area contributed by atoms with Gasteiger partial charge in [0.2, 0.25) is 0 Å². The molecule has 6 nitrogen and oxygen atoms in total. The summed E-state index contributed by atoms with van der Waals surface area (Å²) in [6.45, 7) is 1.64. The molecule has 1 aliphatic heterocycles. The van der Waals surface area contributed by atoms with Crippen LogP contribution >= 0.6 is 11.8 Å². The minimum Gasteiger partial charge on any atom is -0.376 e. The molecule has 2 rings (SSSR count). The SMILES string of the molecule is CSc1nc(NN)cc(NCC2CCCCO2)n1. The summed E-state index contributed by atoms with van der Waals surface area (Å²) < 4.78 is 5.66. The summed E-state index contributed by atoms with van der Waals surface area (Å²) in [5.74, 6) is 6.77. The third-order valence-corrected chi connectivity index (χ3v) is 3.37. The molecule has 0 radical (unpaired) electrons. The molecular formula is C11H19N5OS. The Balaban J connectivity index is 1.94. The molecule has 0 spiro atoms. The van der Waals surface area contributed by atoms with Gasteiger partial charge < -0.3 is 15.5 Å². The smallest absolute Gasteiger partial charge is 0.191 e. The van der Waals surface area contributed by atoms with Crippen molar-refractivity contribution in [1.29, 1.82) is 0 Å². The highest BCUT2D eigenvalue weighted by Crippen LogP contribution is 2.18. The van der Waals surface area contributed by atoms with Crippen molar-refractivity contribution in [3.63, 3.8) is 0 Å². The van der Waals surface area contributed by atoms with Crippen molar-refractivity contribution < 1.29 is 4.74 Å². The standard InChI is InChI=1S/C11H19N5OS/c1-18-11-14-9(6-10(15-11)16-12)13-7-8-4-2-3-5-17-8/h6,8H,2-5,7,12H2,1H3,(H2,13,14,15,16). The zero-order valence-electron chi connectivity index (χ0n) is 10.5. The van der Waals surface area contributed by atoms with Gasteiger partial charge in [-0.2, -0.15) is 0 Å². The number of nitrogens with zero attached hydrogens (tertiary/aromatic N) is 2. The van der Waals surface area contributed by atoms with E-state index >= 15 is 0 Å². The quantitative estimate of drug-likeness (QED) is 0.323. The van der Waals surface area contributed by atoms with Crippen LogP contribution in [0.4, 0.5) is 11.6 Å². The molecule has 1 aliphatic rings. The molecule has 7 heteroatoms. The molecular weight excluding hydrogens is 250 g/mol. The van der Waals surface area contributed by atoms with Gasteiger partial charge in [-0.1, -0.05) is 11.8 Å². The maximum atomic E-state index is 5.66. The summed E-state index contributed by atoms with van der Waals surface area (Å²) in [5.41, 5.74) is 2.54. The molecule has 100 valence electrons. The van der Waals surface area contributed by atoms with E-state index in [9.17, 15) is 0 Å². The molecule has 0 aromatic carbocycles. The van der Waals surface area contributed by atoms with E-state index in [1.807, 2.05) is 6.26 Å². The number of rotatable bonds is 5. The van der Waals surface area contributed by atoms with Crippen LogP contribution in [0, 0.1) is 0 Å². The first kappa shape index (κ1) is 13.4. The first-order chi connectivity index (χ1) is 8.81. The number of nitrogens with one attached hydrogen (secondary N) is 2. The number of thioether (sulfide) groups is 1. The lowest BCUT2D eigenvalue weighted by Crippen LogP contribution is -2.27. The van der Waals surface area contributed by atoms with E-state index in [1.54, 1.807) is 6.07 Å². The Labute approximate surface area is 111 Å². The number of hydrazine groups is 1. The zero-order chi connectivity index (χ0) is 12.8. The summed E-state index contributed by atoms with van der Waals surface area (Å²) in [6, 6.07) is 1.79. The molecule has 0 bridgehead atoms. The Morgan fingerprint density at radius 3 is 2.94 bits per heavy atom. The fraction of sp³-hybridized carbons (Fsp3) is 0.636. The van der Waals surface area contributed by atoms with Crippen LogP contribution in [0.1, 0.15) is 19.3 Å². The van der Waals surface area contributed by atoms with Crippen LogP contribution in [0.3, 0.4) is 0 Å². The number of nitrogen functional groups attached to an aromatic ring is 1. The van der Waals surface area contributed by atoms with Crippen molar-refractivity contribution in [1.82, 2.24) is 9.97 Å². The molecule has 1 aromatic rings. The van der Waals surface area contributed by atoms with Gasteiger partial charge in [-0.3, -0.25) is 0 Å². The average Bonchev–Trinajstić information content (AvgIpc) is 2.45. The second-order valence-corrected chi connectivity index (χ2v) is 4.91. The first-order valence-electron chi connectivity index (χ1n) is 6.07. The normalized spacial score (nSPS) is 19.6. The molecule has 1 aromatic heterocycles. The van der Waals surface area contributed by atoms with Crippen molar-refractivity contribution in [2.45, 2.75) is 30.5 Å². The van der Waals surface area contributed by atoms with E-state index in [4.69, 9.17) is 10.6 Å². The Kier molecular flexibility index (Phi) is 5.03. The van der Waals surface area contributed by atoms with Crippen molar-refractivity contribution >= 4 is 23.4 Å². The van der Waals surface area contributed by atoms with Crippen LogP contribution in [-0.2, 0) is 4.74 Å². The Morgan fingerprint density at radius 2 is 2.28 bits per heavy atom. The van der Waals surface area contributed by atoms with E-state index in [2.05, 4.69) is 20.7 Å². The minimum absolute atomic E-state index is 0.278. The Hall–Kier alpha value is -1.05. The molecule has 18 heavy (non-hydrogen) atoms. The Bertz CT molecular complexity index is 361. The van der Waals surface area contributed by atoms with Crippen LogP contribution in [-0.4, -0.2) is 35.5 Å². The lowest BCUT2D eigenvalue weighted by atomic mass is 10.1. The number of hydrogen-bond acceptors (Lipinski definition) is 7. The molecule has 0 amide bonds. The largest absolute Gasteiger partial charge is 0.376 e. The third-order valence-electron chi connectivity index (χ3n) is 2.82. The van der Waals surface area contributed by atoms with Gasteiger partial charge in [0.1, 0.15) is 11.6 Å². The van der Waals surface area contributed by atoms with Gasteiger partial charge in [0.25, 0.3) is 0 Å². The third kappa shape index (κ3) is 3.72. The highest BCUT2D eigenvalue weighted by molar-refractivity contribution is 7.98. The second-order valence-electron chi connectivity index (χ2n) is 4.14. The van der Waals surface area contributed by atoms with E-state index in [0.29, 0.717) is 11.0 Å². The monoisotopic (exact) mass is 269 g/mol. The molecule has 2 heterocycles. The number of anilines is 2. The van der Waals surface area contributed by atoms with Gasteiger partial charge >= 0.3 is 0 Å². The van der Waals surface area contributed by atoms with Gasteiger partial charge in [0.15, 0.2) is 5.16 Å². The molecule has 0 aliphatic carbocycles. The fourth-order valence-corrected chi connectivity index (χ4v) is 2.25. The summed E-state index contributed by atoms with van der Waals surface area (Å²) in [5, 5.41) is 3.97. The van der Waals surface area contributed by atoms with Crippen molar-refractivity contribution in [3.8, 4) is 0 Å². The van der Waals surface area contributed by atoms with Crippen molar-refractivity contribution in [2.24, 2.45) is 5.84 Å². The Morgan fingerprint density at radius 1 is 1.44 bits per heavy atom. The van der Waals surface area contributed by atoms with Crippen molar-refractivity contribution in [2.75, 3.05) is 30.1 Å². The van der Waals surface area contributed by atoms with Crippen LogP contribution < -0.4 is 16.6 Å². The molecule has 1 fully saturated rings. The zero-order valence-corrected chi connectivity index (χ0v) is 11.3. The second kappa shape index (κ2) is 6.77. The summed E-state index contributed by atoms with van der Waals surface area (Å²) >= 11 is 1.48. The minimum atomic E-state index is 0.278. The van der Waals surface area contributed by atoms with Crippen LogP contribution in [0.15, 0.2) is 11.2 Å². The molecule has 1 atom stereocenters. The predicted octanol–water partition coefficient (Wildman–Crippen LogP) is 1.47. The number of hydrogen-bond donors (Lipinski definition) is 3. The molecule has 4 N–H and O–H groups in total. The fourth-order valence-electron chi connectivity index (χ4n) is 1.87. The first-order valence-corrected chi connectivity index (χ1v) is 7.29.